The van der Waals surface area contributed by atoms with E-state index in [9.17, 15) is 22.4 Å². The summed E-state index contributed by atoms with van der Waals surface area (Å²) in [6.45, 7) is 5.57. The summed E-state index contributed by atoms with van der Waals surface area (Å²) in [5.74, 6) is -4.74. The van der Waals surface area contributed by atoms with Crippen molar-refractivity contribution < 1.29 is 27.1 Å². The molecule has 3 nitrogen and oxygen atoms in total. The number of hydrogen-bond acceptors (Lipinski definition) is 4. The highest BCUT2D eigenvalue weighted by Gasteiger charge is 2.42. The zero-order valence-electron chi connectivity index (χ0n) is 15.0. The molecule has 0 heterocycles. The van der Waals surface area contributed by atoms with Crippen molar-refractivity contribution >= 4 is 17.9 Å². The van der Waals surface area contributed by atoms with Crippen molar-refractivity contribution in [1.82, 2.24) is 4.72 Å². The highest BCUT2D eigenvalue weighted by molar-refractivity contribution is 7.98. The fourth-order valence-corrected chi connectivity index (χ4v) is 2.61. The van der Waals surface area contributed by atoms with Gasteiger partial charge in [-0.1, -0.05) is 30.1 Å². The topological polar surface area (TPSA) is 38.3 Å². The van der Waals surface area contributed by atoms with Gasteiger partial charge in [0.2, 0.25) is 0 Å². The number of ether oxygens (including phenoxy) is 1. The van der Waals surface area contributed by atoms with Crippen LogP contribution >= 0.6 is 11.9 Å². The summed E-state index contributed by atoms with van der Waals surface area (Å²) < 4.78 is 59.4. The molecule has 0 bridgehead atoms. The van der Waals surface area contributed by atoms with Gasteiger partial charge in [-0.2, -0.15) is 0 Å². The molecule has 0 aliphatic carbocycles. The molecule has 8 heteroatoms. The number of carbonyl (C=O) groups excluding carboxylic acids is 1. The van der Waals surface area contributed by atoms with Crippen molar-refractivity contribution in [3.63, 3.8) is 0 Å². The van der Waals surface area contributed by atoms with Gasteiger partial charge >= 0.3 is 5.97 Å². The highest BCUT2D eigenvalue weighted by Crippen LogP contribution is 2.39. The average molecular weight is 383 g/mol. The maximum Gasteiger partial charge on any atom is 0.305 e. The third kappa shape index (κ3) is 8.58. The second kappa shape index (κ2) is 10.7. The van der Waals surface area contributed by atoms with Crippen LogP contribution in [0.15, 0.2) is 24.3 Å². The lowest BCUT2D eigenvalue weighted by Crippen LogP contribution is -2.37. The molecular formula is C17H25F4NO2S. The SMILES string of the molecule is CF.COC(=O)CCC(F)(F)C(NSC(C)(C)C)c1ccccc1F. The van der Waals surface area contributed by atoms with E-state index in [0.717, 1.165) is 25.1 Å². The molecule has 0 aliphatic heterocycles. The number of hydrogen-bond donors (Lipinski definition) is 1. The summed E-state index contributed by atoms with van der Waals surface area (Å²) in [6, 6.07) is 3.87. The van der Waals surface area contributed by atoms with Gasteiger partial charge in [0.05, 0.1) is 20.7 Å². The van der Waals surface area contributed by atoms with Gasteiger partial charge in [-0.25, -0.2) is 13.2 Å². The predicted molar refractivity (Wildman–Crippen MR) is 92.8 cm³/mol. The van der Waals surface area contributed by atoms with Crippen LogP contribution in [0, 0.1) is 5.82 Å². The summed E-state index contributed by atoms with van der Waals surface area (Å²) in [6.07, 6.45) is -1.16. The lowest BCUT2D eigenvalue weighted by atomic mass is 9.97. The first-order valence-electron chi connectivity index (χ1n) is 7.57. The van der Waals surface area contributed by atoms with Crippen LogP contribution < -0.4 is 4.72 Å². The number of halogens is 4. The van der Waals surface area contributed by atoms with E-state index in [1.165, 1.54) is 18.2 Å². The monoisotopic (exact) mass is 383 g/mol. The third-order valence-electron chi connectivity index (χ3n) is 3.01. The van der Waals surface area contributed by atoms with Crippen molar-refractivity contribution in [1.29, 1.82) is 0 Å². The highest BCUT2D eigenvalue weighted by atomic mass is 32.2. The zero-order valence-corrected chi connectivity index (χ0v) is 15.9. The lowest BCUT2D eigenvalue weighted by molar-refractivity contribution is -0.143. The Kier molecular flexibility index (Phi) is 10.1. The Labute approximate surface area is 150 Å². The van der Waals surface area contributed by atoms with E-state index in [4.69, 9.17) is 0 Å². The van der Waals surface area contributed by atoms with Gasteiger partial charge in [0, 0.05) is 16.7 Å². The molecule has 25 heavy (non-hydrogen) atoms. The van der Waals surface area contributed by atoms with Crippen LogP contribution in [0.3, 0.4) is 0 Å². The zero-order chi connectivity index (χ0) is 19.7. The van der Waals surface area contributed by atoms with Crippen molar-refractivity contribution in [2.24, 2.45) is 0 Å². The Morgan fingerprint density at radius 3 is 2.28 bits per heavy atom. The normalized spacial score (nSPS) is 12.8. The van der Waals surface area contributed by atoms with Crippen LogP contribution in [0.25, 0.3) is 0 Å². The van der Waals surface area contributed by atoms with Crippen LogP contribution in [0.5, 0.6) is 0 Å². The van der Waals surface area contributed by atoms with Crippen molar-refractivity contribution in [2.75, 3.05) is 14.3 Å². The number of benzene rings is 1. The van der Waals surface area contributed by atoms with E-state index in [1.807, 2.05) is 20.8 Å². The molecule has 144 valence electrons. The van der Waals surface area contributed by atoms with Crippen LogP contribution in [-0.4, -0.2) is 30.9 Å². The molecule has 0 saturated heterocycles. The molecule has 0 saturated carbocycles. The lowest BCUT2D eigenvalue weighted by Gasteiger charge is -2.30. The molecule has 0 spiro atoms. The Morgan fingerprint density at radius 1 is 1.24 bits per heavy atom. The fraction of sp³-hybridized carbons (Fsp3) is 0.588. The van der Waals surface area contributed by atoms with E-state index in [-0.39, 0.29) is 10.3 Å². The Balaban J connectivity index is 0.00000277. The van der Waals surface area contributed by atoms with Crippen molar-refractivity contribution in [2.45, 2.75) is 50.3 Å². The van der Waals surface area contributed by atoms with Gasteiger partial charge < -0.3 is 4.74 Å². The molecule has 0 radical (unpaired) electrons. The van der Waals surface area contributed by atoms with Crippen LogP contribution in [0.2, 0.25) is 0 Å². The van der Waals surface area contributed by atoms with Gasteiger partial charge in [-0.05, 0) is 26.8 Å². The first kappa shape index (κ1) is 23.7. The minimum Gasteiger partial charge on any atom is -0.469 e. The molecule has 0 aliphatic rings. The minimum atomic E-state index is -3.31. The number of carbonyl (C=O) groups is 1. The first-order chi connectivity index (χ1) is 11.6. The van der Waals surface area contributed by atoms with Crippen molar-refractivity contribution in [3.05, 3.63) is 35.6 Å². The predicted octanol–water partition coefficient (Wildman–Crippen LogP) is 5.08. The Bertz CT molecular complexity index is 536. The molecule has 1 aromatic carbocycles. The molecule has 1 rings (SSSR count). The number of methoxy groups -OCH3 is 1. The maximum atomic E-state index is 14.6. The molecule has 1 aromatic rings. The molecule has 0 amide bonds. The summed E-state index contributed by atoms with van der Waals surface area (Å²) in [5.41, 5.74) is -0.126. The van der Waals surface area contributed by atoms with E-state index in [2.05, 4.69) is 9.46 Å². The van der Waals surface area contributed by atoms with Crippen LogP contribution in [0.1, 0.15) is 45.2 Å². The average Bonchev–Trinajstić information content (AvgIpc) is 2.55. The summed E-state index contributed by atoms with van der Waals surface area (Å²) >= 11 is 1.10. The van der Waals surface area contributed by atoms with E-state index < -0.39 is 36.6 Å². The van der Waals surface area contributed by atoms with Gasteiger partial charge in [0.15, 0.2) is 0 Å². The second-order valence-corrected chi connectivity index (χ2v) is 7.79. The van der Waals surface area contributed by atoms with Gasteiger partial charge in [0.1, 0.15) is 11.9 Å². The molecule has 0 fully saturated rings. The molecule has 1 unspecified atom stereocenters. The van der Waals surface area contributed by atoms with Crippen LogP contribution in [-0.2, 0) is 9.53 Å². The molecule has 0 aromatic heterocycles. The third-order valence-corrected chi connectivity index (χ3v) is 3.98. The number of nitrogens with one attached hydrogen (secondary N) is 1. The number of rotatable bonds is 7. The largest absolute Gasteiger partial charge is 0.469 e. The summed E-state index contributed by atoms with van der Waals surface area (Å²) in [4.78, 5) is 11.1. The van der Waals surface area contributed by atoms with Gasteiger partial charge in [-0.15, -0.1) is 0 Å². The fourth-order valence-electron chi connectivity index (χ4n) is 1.84. The quantitative estimate of drug-likeness (QED) is 0.405. The molecular weight excluding hydrogens is 358 g/mol. The standard InChI is InChI=1S/C16H22F3NO2S.CH3F/c1-15(2,3)23-20-14(11-7-5-6-8-12(11)17)16(18,19)10-9-13(21)22-4;1-2/h5-8,14,20H,9-10H2,1-4H3;1H3. The number of esters is 1. The summed E-state index contributed by atoms with van der Waals surface area (Å²) in [7, 11) is 1.64. The maximum absolute atomic E-state index is 14.6. The van der Waals surface area contributed by atoms with Gasteiger partial charge in [0.25, 0.3) is 5.92 Å². The van der Waals surface area contributed by atoms with Crippen molar-refractivity contribution in [3.8, 4) is 0 Å². The minimum absolute atomic E-state index is 0.126. The smallest absolute Gasteiger partial charge is 0.305 e. The Morgan fingerprint density at radius 2 is 1.80 bits per heavy atom. The number of alkyl halides is 3. The first-order valence-corrected chi connectivity index (χ1v) is 8.39. The van der Waals surface area contributed by atoms with E-state index >= 15 is 0 Å². The second-order valence-electron chi connectivity index (χ2n) is 6.12. The van der Waals surface area contributed by atoms with E-state index in [1.54, 1.807) is 0 Å². The summed E-state index contributed by atoms with van der Waals surface area (Å²) in [5, 5.41) is 0. The molecule has 1 N–H and O–H groups in total. The molecule has 1 atom stereocenters. The van der Waals surface area contributed by atoms with Crippen LogP contribution in [0.4, 0.5) is 17.6 Å². The Hall–Kier alpha value is -1.28. The van der Waals surface area contributed by atoms with E-state index in [0.29, 0.717) is 7.18 Å². The van der Waals surface area contributed by atoms with Gasteiger partial charge in [-0.3, -0.25) is 13.9 Å².